The molecule has 0 aromatic carbocycles. The number of ether oxygens (including phenoxy) is 1. The normalized spacial score (nSPS) is 13.5. The summed E-state index contributed by atoms with van der Waals surface area (Å²) < 4.78 is 5.84. The molecule has 0 aromatic heterocycles. The van der Waals surface area contributed by atoms with Gasteiger partial charge in [-0.15, -0.1) is 0 Å². The third kappa shape index (κ3) is 12.0. The molecular weight excluding hydrogens is 242 g/mol. The second kappa shape index (κ2) is 8.74. The van der Waals surface area contributed by atoms with Crippen molar-refractivity contribution in [3.63, 3.8) is 0 Å². The molecule has 6 heteroatoms. The number of aliphatic hydroxyl groups is 2. The third-order valence-corrected chi connectivity index (χ3v) is 3.11. The monoisotopic (exact) mass is 266 g/mol. The van der Waals surface area contributed by atoms with E-state index < -0.39 is 6.10 Å². The van der Waals surface area contributed by atoms with Crippen LogP contribution in [0.25, 0.3) is 0 Å². The molecule has 0 aliphatic heterocycles. The SMILES string of the molecule is C[N+](C)(C)CCOC(=O)CCSCC(O)CO. The van der Waals surface area contributed by atoms with Crippen LogP contribution in [0.2, 0.25) is 0 Å². The van der Waals surface area contributed by atoms with Crippen LogP contribution in [0.3, 0.4) is 0 Å². The van der Waals surface area contributed by atoms with Crippen molar-refractivity contribution >= 4 is 17.7 Å². The summed E-state index contributed by atoms with van der Waals surface area (Å²) in [5.74, 6) is 0.854. The molecule has 17 heavy (non-hydrogen) atoms. The van der Waals surface area contributed by atoms with E-state index in [2.05, 4.69) is 0 Å². The van der Waals surface area contributed by atoms with Crippen molar-refractivity contribution in [3.05, 3.63) is 0 Å². The molecule has 1 unspecified atom stereocenters. The lowest BCUT2D eigenvalue weighted by molar-refractivity contribution is -0.870. The van der Waals surface area contributed by atoms with Crippen LogP contribution >= 0.6 is 11.8 Å². The van der Waals surface area contributed by atoms with Gasteiger partial charge >= 0.3 is 5.97 Å². The molecule has 1 atom stereocenters. The van der Waals surface area contributed by atoms with Gasteiger partial charge in [-0.3, -0.25) is 4.79 Å². The first-order chi connectivity index (χ1) is 7.85. The predicted octanol–water partition coefficient (Wildman–Crippen LogP) is -0.288. The average Bonchev–Trinajstić information content (AvgIpc) is 2.22. The van der Waals surface area contributed by atoms with Crippen molar-refractivity contribution in [2.45, 2.75) is 12.5 Å². The van der Waals surface area contributed by atoms with Crippen molar-refractivity contribution in [1.82, 2.24) is 0 Å². The Morgan fingerprint density at radius 2 is 2.06 bits per heavy atom. The Morgan fingerprint density at radius 1 is 1.41 bits per heavy atom. The molecular formula is C11H24NO4S+. The Kier molecular flexibility index (Phi) is 8.59. The van der Waals surface area contributed by atoms with E-state index in [9.17, 15) is 4.79 Å². The quantitative estimate of drug-likeness (QED) is 0.341. The Hall–Kier alpha value is -0.300. The lowest BCUT2D eigenvalue weighted by Gasteiger charge is -2.23. The minimum atomic E-state index is -0.700. The minimum absolute atomic E-state index is 0.204. The molecule has 0 fully saturated rings. The third-order valence-electron chi connectivity index (χ3n) is 2.00. The van der Waals surface area contributed by atoms with E-state index in [-0.39, 0.29) is 12.6 Å². The van der Waals surface area contributed by atoms with E-state index in [1.165, 1.54) is 11.8 Å². The first-order valence-electron chi connectivity index (χ1n) is 5.68. The zero-order valence-electron chi connectivity index (χ0n) is 10.9. The van der Waals surface area contributed by atoms with Crippen LogP contribution in [-0.4, -0.2) is 79.2 Å². The van der Waals surface area contributed by atoms with Crippen molar-refractivity contribution in [1.29, 1.82) is 0 Å². The summed E-state index contributed by atoms with van der Waals surface area (Å²) in [5.41, 5.74) is 0. The van der Waals surface area contributed by atoms with Gasteiger partial charge in [-0.25, -0.2) is 0 Å². The maximum Gasteiger partial charge on any atom is 0.306 e. The summed E-state index contributed by atoms with van der Waals surface area (Å²) in [7, 11) is 6.12. The molecule has 0 aliphatic carbocycles. The molecule has 0 bridgehead atoms. The first-order valence-corrected chi connectivity index (χ1v) is 6.83. The number of rotatable bonds is 9. The number of likely N-dealkylation sites (N-methyl/N-ethyl adjacent to an activating group) is 1. The molecule has 0 saturated carbocycles. The minimum Gasteiger partial charge on any atom is -0.460 e. The number of quaternary nitrogens is 1. The lowest BCUT2D eigenvalue weighted by Crippen LogP contribution is -2.38. The Bertz CT molecular complexity index is 218. The van der Waals surface area contributed by atoms with Gasteiger partial charge in [0.15, 0.2) is 0 Å². The van der Waals surface area contributed by atoms with Crippen LogP contribution in [0.4, 0.5) is 0 Å². The van der Waals surface area contributed by atoms with Gasteiger partial charge in [-0.05, 0) is 0 Å². The van der Waals surface area contributed by atoms with Crippen LogP contribution in [0.1, 0.15) is 6.42 Å². The van der Waals surface area contributed by atoms with Crippen LogP contribution < -0.4 is 0 Å². The largest absolute Gasteiger partial charge is 0.460 e. The van der Waals surface area contributed by atoms with Gasteiger partial charge in [0.25, 0.3) is 0 Å². The molecule has 102 valence electrons. The summed E-state index contributed by atoms with van der Waals surface area (Å²) in [5, 5.41) is 17.6. The Morgan fingerprint density at radius 3 is 2.59 bits per heavy atom. The molecule has 0 saturated heterocycles. The van der Waals surface area contributed by atoms with Crippen molar-refractivity contribution in [3.8, 4) is 0 Å². The van der Waals surface area contributed by atoms with Crippen molar-refractivity contribution in [2.24, 2.45) is 0 Å². The number of esters is 1. The van der Waals surface area contributed by atoms with Crippen LogP contribution in [0, 0.1) is 0 Å². The highest BCUT2D eigenvalue weighted by Gasteiger charge is 2.09. The van der Waals surface area contributed by atoms with E-state index >= 15 is 0 Å². The average molecular weight is 266 g/mol. The molecule has 0 radical (unpaired) electrons. The standard InChI is InChI=1S/C11H24NO4S/c1-12(2,3)5-6-16-11(15)4-7-17-9-10(14)8-13/h10,13-14H,4-9H2,1-3H3/q+1. The number of carbonyl (C=O) groups excluding carboxylic acids is 1. The Balaban J connectivity index is 3.41. The fourth-order valence-corrected chi connectivity index (χ4v) is 1.79. The van der Waals surface area contributed by atoms with Crippen LogP contribution in [0.5, 0.6) is 0 Å². The maximum atomic E-state index is 11.3. The highest BCUT2D eigenvalue weighted by Crippen LogP contribution is 2.05. The molecule has 0 heterocycles. The van der Waals surface area contributed by atoms with E-state index in [0.717, 1.165) is 11.0 Å². The maximum absolute atomic E-state index is 11.3. The van der Waals surface area contributed by atoms with E-state index in [4.69, 9.17) is 14.9 Å². The number of nitrogens with zero attached hydrogens (tertiary/aromatic N) is 1. The Labute approximate surface area is 107 Å². The van der Waals surface area contributed by atoms with Crippen LogP contribution in [-0.2, 0) is 9.53 Å². The number of thioether (sulfide) groups is 1. The summed E-state index contributed by atoms with van der Waals surface area (Å²) in [6.07, 6.45) is -0.353. The second-order valence-corrected chi connectivity index (χ2v) is 6.05. The molecule has 0 amide bonds. The fourth-order valence-electron chi connectivity index (χ4n) is 0.933. The second-order valence-electron chi connectivity index (χ2n) is 4.90. The summed E-state index contributed by atoms with van der Waals surface area (Å²) in [4.78, 5) is 11.3. The highest BCUT2D eigenvalue weighted by molar-refractivity contribution is 7.99. The predicted molar refractivity (Wildman–Crippen MR) is 68.9 cm³/mol. The van der Waals surface area contributed by atoms with Gasteiger partial charge in [-0.2, -0.15) is 11.8 Å². The van der Waals surface area contributed by atoms with Gasteiger partial charge < -0.3 is 19.4 Å². The smallest absolute Gasteiger partial charge is 0.306 e. The zero-order chi connectivity index (χ0) is 13.3. The summed E-state index contributed by atoms with van der Waals surface area (Å²) in [6.45, 7) is 0.995. The molecule has 0 aliphatic rings. The number of hydrogen-bond acceptors (Lipinski definition) is 5. The fraction of sp³-hybridized carbons (Fsp3) is 0.909. The lowest BCUT2D eigenvalue weighted by atomic mass is 10.4. The van der Waals surface area contributed by atoms with E-state index in [1.54, 1.807) is 0 Å². The zero-order valence-corrected chi connectivity index (χ0v) is 11.7. The first kappa shape index (κ1) is 16.7. The number of aliphatic hydroxyl groups excluding tert-OH is 2. The molecule has 0 aromatic rings. The molecule has 5 nitrogen and oxygen atoms in total. The molecule has 0 spiro atoms. The number of carbonyl (C=O) groups is 1. The van der Waals surface area contributed by atoms with Gasteiger partial charge in [0.2, 0.25) is 0 Å². The summed E-state index contributed by atoms with van der Waals surface area (Å²) >= 11 is 1.44. The van der Waals surface area contributed by atoms with Gasteiger partial charge in [0.1, 0.15) is 13.2 Å². The van der Waals surface area contributed by atoms with Gasteiger partial charge in [0, 0.05) is 11.5 Å². The van der Waals surface area contributed by atoms with Crippen molar-refractivity contribution in [2.75, 3.05) is 52.4 Å². The molecule has 0 rings (SSSR count). The number of hydrogen-bond donors (Lipinski definition) is 2. The van der Waals surface area contributed by atoms with Crippen molar-refractivity contribution < 1.29 is 24.2 Å². The van der Waals surface area contributed by atoms with Gasteiger partial charge in [-0.1, -0.05) is 0 Å². The van der Waals surface area contributed by atoms with Gasteiger partial charge in [0.05, 0.1) is 40.3 Å². The molecule has 2 N–H and O–H groups in total. The highest BCUT2D eigenvalue weighted by atomic mass is 32.2. The van der Waals surface area contributed by atoms with Crippen LogP contribution in [0.15, 0.2) is 0 Å². The van der Waals surface area contributed by atoms with E-state index in [0.29, 0.717) is 24.5 Å². The van der Waals surface area contributed by atoms with E-state index in [1.807, 2.05) is 21.1 Å². The summed E-state index contributed by atoms with van der Waals surface area (Å²) in [6, 6.07) is 0. The topological polar surface area (TPSA) is 66.8 Å².